The van der Waals surface area contributed by atoms with E-state index in [9.17, 15) is 4.79 Å². The van der Waals surface area contributed by atoms with Crippen LogP contribution in [0.5, 0.6) is 0 Å². The third-order valence-electron chi connectivity index (χ3n) is 5.57. The highest BCUT2D eigenvalue weighted by molar-refractivity contribution is 7.10. The smallest absolute Gasteiger partial charge is 0.144 e. The van der Waals surface area contributed by atoms with Crippen LogP contribution >= 0.6 is 22.9 Å². The normalized spacial score (nSPS) is 23.8. The van der Waals surface area contributed by atoms with Crippen LogP contribution < -0.4 is 5.32 Å². The van der Waals surface area contributed by atoms with E-state index < -0.39 is 0 Å². The lowest BCUT2D eigenvalue weighted by atomic mass is 9.74. The molecule has 0 radical (unpaired) electrons. The number of ketones is 1. The van der Waals surface area contributed by atoms with Gasteiger partial charge in [-0.25, -0.2) is 0 Å². The van der Waals surface area contributed by atoms with Crippen molar-refractivity contribution >= 4 is 45.8 Å². The van der Waals surface area contributed by atoms with Crippen molar-refractivity contribution in [3.05, 3.63) is 81.5 Å². The predicted octanol–water partition coefficient (Wildman–Crippen LogP) is 6.40. The number of halogens is 1. The van der Waals surface area contributed by atoms with Gasteiger partial charge < -0.3 is 5.32 Å². The Morgan fingerprint density at radius 1 is 1.04 bits per heavy atom. The summed E-state index contributed by atoms with van der Waals surface area (Å²) in [6.07, 6.45) is 1.36. The number of carbonyl (C=O) groups is 1. The molecule has 2 aromatic carbocycles. The molecule has 5 heteroatoms. The van der Waals surface area contributed by atoms with Crippen LogP contribution in [-0.4, -0.2) is 11.5 Å². The summed E-state index contributed by atoms with van der Waals surface area (Å²) in [7, 11) is 0. The van der Waals surface area contributed by atoms with Crippen molar-refractivity contribution in [1.82, 2.24) is 0 Å². The van der Waals surface area contributed by atoms with Gasteiger partial charge in [-0.3, -0.25) is 9.79 Å². The topological polar surface area (TPSA) is 41.5 Å². The summed E-state index contributed by atoms with van der Waals surface area (Å²) in [6.45, 7) is 0. The first-order valence-electron chi connectivity index (χ1n) is 9.43. The molecule has 1 fully saturated rings. The number of hydrogen-bond acceptors (Lipinski definition) is 4. The number of para-hydroxylation sites is 2. The number of nitrogens with zero attached hydrogens (tertiary/aromatic N) is 1. The first kappa shape index (κ1) is 17.7. The Balaban J connectivity index is 1.62. The molecule has 2 heterocycles. The lowest BCUT2D eigenvalue weighted by Gasteiger charge is -2.33. The highest BCUT2D eigenvalue weighted by Crippen LogP contribution is 2.44. The van der Waals surface area contributed by atoms with Gasteiger partial charge in [0.15, 0.2) is 0 Å². The minimum absolute atomic E-state index is 0.169. The molecule has 28 heavy (non-hydrogen) atoms. The molecular formula is C23H19ClN2OS. The lowest BCUT2D eigenvalue weighted by molar-refractivity contribution is -0.122. The SMILES string of the molecule is O=C1CC(c2cccs2)CC2=Nc3ccccc3NC(c3cccc(Cl)c3)C12. The first-order valence-corrected chi connectivity index (χ1v) is 10.7. The molecule has 5 rings (SSSR count). The van der Waals surface area contributed by atoms with Gasteiger partial charge in [0.1, 0.15) is 5.78 Å². The maximum atomic E-state index is 13.4. The maximum absolute atomic E-state index is 13.4. The molecule has 1 aromatic heterocycles. The molecule has 0 spiro atoms. The second kappa shape index (κ2) is 7.19. The van der Waals surface area contributed by atoms with Crippen LogP contribution in [-0.2, 0) is 4.79 Å². The highest BCUT2D eigenvalue weighted by atomic mass is 35.5. The third-order valence-corrected chi connectivity index (χ3v) is 6.84. The summed E-state index contributed by atoms with van der Waals surface area (Å²) in [6, 6.07) is 19.8. The van der Waals surface area contributed by atoms with E-state index >= 15 is 0 Å². The molecule has 3 atom stereocenters. The first-order chi connectivity index (χ1) is 13.7. The molecule has 0 bridgehead atoms. The van der Waals surface area contributed by atoms with Crippen LogP contribution in [0.15, 0.2) is 71.0 Å². The summed E-state index contributed by atoms with van der Waals surface area (Å²) in [5.41, 5.74) is 3.84. The molecule has 1 N–H and O–H groups in total. The van der Waals surface area contributed by atoms with Crippen molar-refractivity contribution in [2.75, 3.05) is 5.32 Å². The molecule has 0 amide bonds. The lowest BCUT2D eigenvalue weighted by Crippen LogP contribution is -2.38. The van der Waals surface area contributed by atoms with Crippen LogP contribution in [0.1, 0.15) is 35.2 Å². The van der Waals surface area contributed by atoms with Crippen molar-refractivity contribution in [3.63, 3.8) is 0 Å². The van der Waals surface area contributed by atoms with Crippen molar-refractivity contribution in [3.8, 4) is 0 Å². The minimum atomic E-state index is -0.276. The molecule has 3 unspecified atom stereocenters. The molecular weight excluding hydrogens is 388 g/mol. The van der Waals surface area contributed by atoms with Crippen molar-refractivity contribution in [2.24, 2.45) is 10.9 Å². The number of rotatable bonds is 2. The van der Waals surface area contributed by atoms with Gasteiger partial charge in [-0.2, -0.15) is 0 Å². The molecule has 1 saturated carbocycles. The van der Waals surface area contributed by atoms with E-state index in [2.05, 4.69) is 22.8 Å². The van der Waals surface area contributed by atoms with Gasteiger partial charge in [0.2, 0.25) is 0 Å². The second-order valence-electron chi connectivity index (χ2n) is 7.36. The summed E-state index contributed by atoms with van der Waals surface area (Å²) < 4.78 is 0. The largest absolute Gasteiger partial charge is 0.375 e. The molecule has 3 nitrogen and oxygen atoms in total. The van der Waals surface area contributed by atoms with E-state index in [0.29, 0.717) is 11.4 Å². The van der Waals surface area contributed by atoms with Crippen LogP contribution in [0.25, 0.3) is 0 Å². The number of benzene rings is 2. The third kappa shape index (κ3) is 3.17. The zero-order valence-corrected chi connectivity index (χ0v) is 16.7. The minimum Gasteiger partial charge on any atom is -0.375 e. The average molecular weight is 407 g/mol. The number of aliphatic imine (C=N–C) groups is 1. The number of nitrogens with one attached hydrogen (secondary N) is 1. The van der Waals surface area contributed by atoms with E-state index in [1.54, 1.807) is 11.3 Å². The van der Waals surface area contributed by atoms with E-state index in [4.69, 9.17) is 16.6 Å². The number of hydrogen-bond donors (Lipinski definition) is 1. The van der Waals surface area contributed by atoms with Gasteiger partial charge in [-0.1, -0.05) is 41.9 Å². The quantitative estimate of drug-likeness (QED) is 0.534. The molecule has 1 aliphatic carbocycles. The molecule has 2 aliphatic rings. The average Bonchev–Trinajstić information content (AvgIpc) is 3.17. The van der Waals surface area contributed by atoms with Crippen LogP contribution in [0, 0.1) is 5.92 Å². The number of thiophene rings is 1. The number of fused-ring (bicyclic) bond motifs is 2. The van der Waals surface area contributed by atoms with Crippen molar-refractivity contribution in [1.29, 1.82) is 0 Å². The highest BCUT2D eigenvalue weighted by Gasteiger charge is 2.41. The fourth-order valence-corrected chi connectivity index (χ4v) is 5.33. The zero-order valence-electron chi connectivity index (χ0n) is 15.1. The molecule has 0 saturated heterocycles. The van der Waals surface area contributed by atoms with E-state index in [1.807, 2.05) is 48.5 Å². The Morgan fingerprint density at radius 2 is 1.93 bits per heavy atom. The van der Waals surface area contributed by atoms with Crippen LogP contribution in [0.3, 0.4) is 0 Å². The summed E-state index contributed by atoms with van der Waals surface area (Å²) in [5.74, 6) is 0.184. The van der Waals surface area contributed by atoms with Crippen LogP contribution in [0.2, 0.25) is 5.02 Å². The number of anilines is 1. The van der Waals surface area contributed by atoms with Gasteiger partial charge in [0, 0.05) is 28.0 Å². The molecule has 3 aromatic rings. The maximum Gasteiger partial charge on any atom is 0.144 e. The Hall–Kier alpha value is -2.43. The predicted molar refractivity (Wildman–Crippen MR) is 116 cm³/mol. The summed E-state index contributed by atoms with van der Waals surface area (Å²) in [4.78, 5) is 19.6. The van der Waals surface area contributed by atoms with Gasteiger partial charge in [0.25, 0.3) is 0 Å². The fourth-order valence-electron chi connectivity index (χ4n) is 4.30. The number of Topliss-reactive ketones (excluding diaryl/α,β-unsaturated/α-hetero) is 1. The van der Waals surface area contributed by atoms with E-state index in [0.717, 1.165) is 29.1 Å². The summed E-state index contributed by atoms with van der Waals surface area (Å²) >= 11 is 7.99. The van der Waals surface area contributed by atoms with Gasteiger partial charge in [-0.05, 0) is 47.7 Å². The van der Waals surface area contributed by atoms with E-state index in [-0.39, 0.29) is 23.7 Å². The monoisotopic (exact) mass is 406 g/mol. The fraction of sp³-hybridized carbons (Fsp3) is 0.217. The van der Waals surface area contributed by atoms with Crippen molar-refractivity contribution in [2.45, 2.75) is 24.8 Å². The van der Waals surface area contributed by atoms with Gasteiger partial charge >= 0.3 is 0 Å². The summed E-state index contributed by atoms with van der Waals surface area (Å²) in [5, 5.41) is 6.34. The van der Waals surface area contributed by atoms with E-state index in [1.165, 1.54) is 4.88 Å². The standard InChI is InChI=1S/C23H19ClN2OS/c24-16-6-3-5-14(11-16)23-22-19(25-17-7-1-2-8-18(17)26-23)12-15(13-20(22)27)21-9-4-10-28-21/h1-11,15,22-23,26H,12-13H2. The Morgan fingerprint density at radius 3 is 2.75 bits per heavy atom. The Bertz CT molecular complexity index is 1060. The molecule has 1 aliphatic heterocycles. The second-order valence-corrected chi connectivity index (χ2v) is 8.78. The van der Waals surface area contributed by atoms with Gasteiger partial charge in [-0.15, -0.1) is 11.3 Å². The Kier molecular flexibility index (Phi) is 4.53. The van der Waals surface area contributed by atoms with Crippen LogP contribution in [0.4, 0.5) is 11.4 Å². The molecule has 140 valence electrons. The van der Waals surface area contributed by atoms with Gasteiger partial charge in [0.05, 0.1) is 23.3 Å². The van der Waals surface area contributed by atoms with Crippen molar-refractivity contribution < 1.29 is 4.79 Å². The number of carbonyl (C=O) groups excluding carboxylic acids is 1. The zero-order chi connectivity index (χ0) is 19.1. The Labute approximate surface area is 173 Å².